The second kappa shape index (κ2) is 6.58. The molecule has 1 rings (SSSR count). The first-order chi connectivity index (χ1) is 8.17. The molecule has 0 bridgehead atoms. The molecule has 0 aliphatic carbocycles. The molecule has 0 heterocycles. The van der Waals surface area contributed by atoms with Crippen LogP contribution >= 0.6 is 0 Å². The minimum atomic E-state index is -0.411. The van der Waals surface area contributed by atoms with E-state index in [0.29, 0.717) is 24.3 Å². The highest BCUT2D eigenvalue weighted by atomic mass is 16.6. The number of carbonyl (C=O) groups is 1. The van der Waals surface area contributed by atoms with Crippen LogP contribution in [0.25, 0.3) is 0 Å². The van der Waals surface area contributed by atoms with Gasteiger partial charge in [-0.05, 0) is 31.5 Å². The summed E-state index contributed by atoms with van der Waals surface area (Å²) in [7, 11) is 0. The van der Waals surface area contributed by atoms with Crippen LogP contribution in [0.4, 0.5) is 0 Å². The smallest absolute Gasteiger partial charge is 0.344 e. The van der Waals surface area contributed by atoms with Crippen molar-refractivity contribution in [1.29, 1.82) is 0 Å². The van der Waals surface area contributed by atoms with Gasteiger partial charge >= 0.3 is 5.97 Å². The average Bonchev–Trinajstić information content (AvgIpc) is 2.31. The van der Waals surface area contributed by atoms with Gasteiger partial charge in [-0.1, -0.05) is 6.08 Å². The molecule has 17 heavy (non-hydrogen) atoms. The zero-order valence-corrected chi connectivity index (χ0v) is 9.81. The molecule has 1 aromatic rings. The Hall–Kier alpha value is -1.97. The second-order valence-corrected chi connectivity index (χ2v) is 3.38. The van der Waals surface area contributed by atoms with Gasteiger partial charge in [0.2, 0.25) is 0 Å². The SMILES string of the molecule is C=CCc1cc(OCC(=O)OCC)ccc1O. The lowest BCUT2D eigenvalue weighted by atomic mass is 10.1. The minimum Gasteiger partial charge on any atom is -0.508 e. The lowest BCUT2D eigenvalue weighted by Gasteiger charge is -2.08. The fraction of sp³-hybridized carbons (Fsp3) is 0.308. The average molecular weight is 236 g/mol. The van der Waals surface area contributed by atoms with Gasteiger partial charge in [0.25, 0.3) is 0 Å². The molecule has 0 amide bonds. The van der Waals surface area contributed by atoms with Crippen molar-refractivity contribution in [3.63, 3.8) is 0 Å². The van der Waals surface area contributed by atoms with E-state index in [2.05, 4.69) is 6.58 Å². The Balaban J connectivity index is 2.62. The summed E-state index contributed by atoms with van der Waals surface area (Å²) >= 11 is 0. The van der Waals surface area contributed by atoms with Gasteiger partial charge in [-0.3, -0.25) is 0 Å². The maximum Gasteiger partial charge on any atom is 0.344 e. The van der Waals surface area contributed by atoms with Crippen molar-refractivity contribution < 1.29 is 19.4 Å². The fourth-order valence-electron chi connectivity index (χ4n) is 1.32. The normalized spacial score (nSPS) is 9.71. The van der Waals surface area contributed by atoms with Crippen LogP contribution in [0.1, 0.15) is 12.5 Å². The zero-order valence-electron chi connectivity index (χ0n) is 9.81. The Morgan fingerprint density at radius 3 is 2.94 bits per heavy atom. The maximum absolute atomic E-state index is 11.1. The largest absolute Gasteiger partial charge is 0.508 e. The monoisotopic (exact) mass is 236 g/mol. The van der Waals surface area contributed by atoms with Crippen LogP contribution in [0.15, 0.2) is 30.9 Å². The van der Waals surface area contributed by atoms with E-state index in [-0.39, 0.29) is 12.4 Å². The van der Waals surface area contributed by atoms with E-state index in [1.165, 1.54) is 6.07 Å². The van der Waals surface area contributed by atoms with Crippen molar-refractivity contribution in [3.8, 4) is 11.5 Å². The molecule has 0 unspecified atom stereocenters. The number of rotatable bonds is 6. The molecular formula is C13H16O4. The number of aromatic hydroxyl groups is 1. The number of allylic oxidation sites excluding steroid dienone is 1. The van der Waals surface area contributed by atoms with Crippen LogP contribution < -0.4 is 4.74 Å². The molecule has 0 aromatic heterocycles. The molecule has 0 aliphatic heterocycles. The number of phenolic OH excluding ortho intramolecular Hbond substituents is 1. The molecule has 0 saturated heterocycles. The molecule has 4 nitrogen and oxygen atoms in total. The van der Waals surface area contributed by atoms with Crippen molar-refractivity contribution >= 4 is 5.97 Å². The molecule has 0 atom stereocenters. The molecule has 4 heteroatoms. The summed E-state index contributed by atoms with van der Waals surface area (Å²) in [6, 6.07) is 4.80. The fourth-order valence-corrected chi connectivity index (χ4v) is 1.32. The minimum absolute atomic E-state index is 0.133. The first-order valence-corrected chi connectivity index (χ1v) is 5.38. The highest BCUT2D eigenvalue weighted by Crippen LogP contribution is 2.23. The molecular weight excluding hydrogens is 220 g/mol. The molecule has 0 radical (unpaired) electrons. The lowest BCUT2D eigenvalue weighted by molar-refractivity contribution is -0.145. The maximum atomic E-state index is 11.1. The van der Waals surface area contributed by atoms with Gasteiger partial charge in [-0.25, -0.2) is 4.79 Å². The summed E-state index contributed by atoms with van der Waals surface area (Å²) in [4.78, 5) is 11.1. The zero-order chi connectivity index (χ0) is 12.7. The first kappa shape index (κ1) is 13.1. The molecule has 0 fully saturated rings. The molecule has 0 aliphatic rings. The van der Waals surface area contributed by atoms with Gasteiger partial charge in [0, 0.05) is 5.56 Å². The molecule has 92 valence electrons. The van der Waals surface area contributed by atoms with Crippen molar-refractivity contribution in [2.75, 3.05) is 13.2 Å². The van der Waals surface area contributed by atoms with Crippen LogP contribution in [0, 0.1) is 0 Å². The highest BCUT2D eigenvalue weighted by Gasteiger charge is 2.05. The third-order valence-corrected chi connectivity index (χ3v) is 2.08. The lowest BCUT2D eigenvalue weighted by Crippen LogP contribution is -2.14. The topological polar surface area (TPSA) is 55.8 Å². The number of hydrogen-bond acceptors (Lipinski definition) is 4. The predicted molar refractivity (Wildman–Crippen MR) is 64.1 cm³/mol. The van der Waals surface area contributed by atoms with Gasteiger partial charge in [-0.15, -0.1) is 6.58 Å². The van der Waals surface area contributed by atoms with Crippen LogP contribution in [0.3, 0.4) is 0 Å². The Morgan fingerprint density at radius 1 is 1.53 bits per heavy atom. The van der Waals surface area contributed by atoms with Gasteiger partial charge < -0.3 is 14.6 Å². The molecule has 0 saturated carbocycles. The standard InChI is InChI=1S/C13H16O4/c1-3-5-10-8-11(6-7-12(10)14)17-9-13(15)16-4-2/h3,6-8,14H,1,4-5,9H2,2H3. The Bertz CT molecular complexity index is 398. The quantitative estimate of drug-likeness (QED) is 0.606. The Morgan fingerprint density at radius 2 is 2.29 bits per heavy atom. The van der Waals surface area contributed by atoms with Gasteiger partial charge in [0.15, 0.2) is 6.61 Å². The summed E-state index contributed by atoms with van der Waals surface area (Å²) in [5.41, 5.74) is 0.710. The number of phenols is 1. The number of hydrogen-bond donors (Lipinski definition) is 1. The van der Waals surface area contributed by atoms with Crippen LogP contribution in [0.5, 0.6) is 11.5 Å². The third-order valence-electron chi connectivity index (χ3n) is 2.08. The third kappa shape index (κ3) is 4.18. The van der Waals surface area contributed by atoms with Crippen molar-refractivity contribution in [2.45, 2.75) is 13.3 Å². The van der Waals surface area contributed by atoms with E-state index >= 15 is 0 Å². The summed E-state index contributed by atoms with van der Waals surface area (Å²) in [6.45, 7) is 5.54. The predicted octanol–water partition coefficient (Wildman–Crippen LogP) is 2.06. The van der Waals surface area contributed by atoms with Gasteiger partial charge in [0.05, 0.1) is 6.61 Å². The number of carbonyl (C=O) groups excluding carboxylic acids is 1. The number of esters is 1. The number of ether oxygens (including phenoxy) is 2. The first-order valence-electron chi connectivity index (χ1n) is 5.38. The van der Waals surface area contributed by atoms with E-state index in [1.807, 2.05) is 0 Å². The van der Waals surface area contributed by atoms with Crippen LogP contribution in [-0.2, 0) is 16.0 Å². The van der Waals surface area contributed by atoms with E-state index in [0.717, 1.165) is 0 Å². The van der Waals surface area contributed by atoms with E-state index in [4.69, 9.17) is 9.47 Å². The summed E-state index contributed by atoms with van der Waals surface area (Å²) in [6.07, 6.45) is 2.23. The van der Waals surface area contributed by atoms with Crippen molar-refractivity contribution in [1.82, 2.24) is 0 Å². The summed E-state index contributed by atoms with van der Waals surface area (Å²) < 4.78 is 9.98. The Kier molecular flexibility index (Phi) is 5.07. The molecule has 1 N–H and O–H groups in total. The van der Waals surface area contributed by atoms with E-state index in [9.17, 15) is 9.90 Å². The second-order valence-electron chi connectivity index (χ2n) is 3.38. The number of benzene rings is 1. The highest BCUT2D eigenvalue weighted by molar-refractivity contribution is 5.71. The van der Waals surface area contributed by atoms with Crippen LogP contribution in [0.2, 0.25) is 0 Å². The van der Waals surface area contributed by atoms with Crippen molar-refractivity contribution in [2.24, 2.45) is 0 Å². The van der Waals surface area contributed by atoms with E-state index in [1.54, 1.807) is 25.1 Å². The van der Waals surface area contributed by atoms with Gasteiger partial charge in [-0.2, -0.15) is 0 Å². The van der Waals surface area contributed by atoms with Crippen LogP contribution in [-0.4, -0.2) is 24.3 Å². The summed E-state index contributed by atoms with van der Waals surface area (Å²) in [5.74, 6) is 0.298. The van der Waals surface area contributed by atoms with Crippen molar-refractivity contribution in [3.05, 3.63) is 36.4 Å². The van der Waals surface area contributed by atoms with Gasteiger partial charge in [0.1, 0.15) is 11.5 Å². The Labute approximate surface area is 100 Å². The van der Waals surface area contributed by atoms with E-state index < -0.39 is 5.97 Å². The molecule has 0 spiro atoms. The summed E-state index contributed by atoms with van der Waals surface area (Å²) in [5, 5.41) is 9.53. The molecule has 1 aromatic carbocycles.